The molecule has 112 valence electrons. The monoisotopic (exact) mass is 291 g/mol. The Hall–Kier alpha value is -2.68. The Balaban J connectivity index is 1.64. The third-order valence-corrected chi connectivity index (χ3v) is 3.80. The maximum atomic E-state index is 5.71. The van der Waals surface area contributed by atoms with E-state index in [1.165, 1.54) is 0 Å². The Morgan fingerprint density at radius 1 is 0.909 bits per heavy atom. The molecule has 0 bridgehead atoms. The van der Waals surface area contributed by atoms with Crippen LogP contribution in [-0.2, 0) is 0 Å². The number of rotatable bonds is 4. The summed E-state index contributed by atoms with van der Waals surface area (Å²) < 4.78 is 0. The maximum absolute atomic E-state index is 5.71. The van der Waals surface area contributed by atoms with Crippen LogP contribution in [0.2, 0.25) is 0 Å². The van der Waals surface area contributed by atoms with E-state index < -0.39 is 0 Å². The molecule has 1 aliphatic rings. The Bertz CT molecular complexity index is 672. The summed E-state index contributed by atoms with van der Waals surface area (Å²) >= 11 is 0. The van der Waals surface area contributed by atoms with Gasteiger partial charge in [0.25, 0.3) is 0 Å². The van der Waals surface area contributed by atoms with Gasteiger partial charge in [-0.25, -0.2) is 0 Å². The van der Waals surface area contributed by atoms with E-state index in [1.807, 2.05) is 42.5 Å². The van der Waals surface area contributed by atoms with E-state index in [0.717, 1.165) is 22.8 Å². The Labute approximate surface area is 131 Å². The second-order valence-corrected chi connectivity index (χ2v) is 5.62. The van der Waals surface area contributed by atoms with Crippen molar-refractivity contribution < 1.29 is 0 Å². The molecule has 2 atom stereocenters. The molecule has 0 amide bonds. The lowest BCUT2D eigenvalue weighted by atomic mass is 9.95. The first-order valence-corrected chi connectivity index (χ1v) is 7.55. The number of anilines is 3. The normalized spacial score (nSPS) is 20.3. The van der Waals surface area contributed by atoms with Gasteiger partial charge in [-0.05, 0) is 42.5 Å². The number of para-hydroxylation sites is 1. The van der Waals surface area contributed by atoms with Crippen molar-refractivity contribution in [1.29, 1.82) is 0 Å². The molecule has 22 heavy (non-hydrogen) atoms. The molecule has 0 saturated carbocycles. The van der Waals surface area contributed by atoms with Crippen molar-refractivity contribution in [3.63, 3.8) is 0 Å². The van der Waals surface area contributed by atoms with Gasteiger partial charge in [-0.15, -0.1) is 0 Å². The third-order valence-electron chi connectivity index (χ3n) is 3.80. The summed E-state index contributed by atoms with van der Waals surface area (Å²) in [5.41, 5.74) is 9.79. The molecule has 0 spiro atoms. The molecule has 3 nitrogen and oxygen atoms in total. The molecular formula is C19H21N3. The predicted octanol–water partition coefficient (Wildman–Crippen LogP) is 4.25. The summed E-state index contributed by atoms with van der Waals surface area (Å²) in [5, 5.41) is 6.96. The standard InChI is InChI=1S/C19H21N3/c1-14-13-18(21-17-9-7-15(20)8-10-17)11-12-19(14)22-16-5-3-2-4-6-16/h2-14,19,21-22H,20H2,1H3/t14-,19+/m0/s1. The highest BCUT2D eigenvalue weighted by Gasteiger charge is 2.16. The van der Waals surface area contributed by atoms with Crippen LogP contribution in [0.5, 0.6) is 0 Å². The molecular weight excluding hydrogens is 270 g/mol. The first-order valence-electron chi connectivity index (χ1n) is 7.55. The number of nitrogens with one attached hydrogen (secondary N) is 2. The van der Waals surface area contributed by atoms with Gasteiger partial charge in [0.05, 0.1) is 6.04 Å². The van der Waals surface area contributed by atoms with Crippen LogP contribution in [0.4, 0.5) is 17.1 Å². The quantitative estimate of drug-likeness (QED) is 0.738. The molecule has 0 heterocycles. The fourth-order valence-electron chi connectivity index (χ4n) is 2.55. The third kappa shape index (κ3) is 3.50. The molecule has 3 rings (SSSR count). The summed E-state index contributed by atoms with van der Waals surface area (Å²) in [4.78, 5) is 0. The van der Waals surface area contributed by atoms with Crippen molar-refractivity contribution in [3.05, 3.63) is 78.5 Å². The van der Waals surface area contributed by atoms with Crippen LogP contribution in [-0.4, -0.2) is 6.04 Å². The summed E-state index contributed by atoms with van der Waals surface area (Å²) in [5.74, 6) is 0.404. The van der Waals surface area contributed by atoms with E-state index >= 15 is 0 Å². The minimum Gasteiger partial charge on any atom is -0.399 e. The van der Waals surface area contributed by atoms with Crippen LogP contribution < -0.4 is 16.4 Å². The van der Waals surface area contributed by atoms with Crippen LogP contribution in [0, 0.1) is 5.92 Å². The summed E-state index contributed by atoms with van der Waals surface area (Å²) in [6, 6.07) is 18.4. The van der Waals surface area contributed by atoms with Crippen LogP contribution in [0.15, 0.2) is 78.5 Å². The Morgan fingerprint density at radius 2 is 1.64 bits per heavy atom. The first kappa shape index (κ1) is 14.3. The van der Waals surface area contributed by atoms with Gasteiger partial charge in [-0.2, -0.15) is 0 Å². The van der Waals surface area contributed by atoms with Crippen molar-refractivity contribution in [2.75, 3.05) is 16.4 Å². The van der Waals surface area contributed by atoms with Crippen molar-refractivity contribution in [3.8, 4) is 0 Å². The van der Waals surface area contributed by atoms with Crippen molar-refractivity contribution >= 4 is 17.1 Å². The summed E-state index contributed by atoms with van der Waals surface area (Å²) in [7, 11) is 0. The van der Waals surface area contributed by atoms with Gasteiger partial charge in [0.2, 0.25) is 0 Å². The molecule has 0 aliphatic heterocycles. The maximum Gasteiger partial charge on any atom is 0.0509 e. The largest absolute Gasteiger partial charge is 0.399 e. The number of nitrogens with two attached hydrogens (primary N) is 1. The zero-order valence-corrected chi connectivity index (χ0v) is 12.7. The minimum atomic E-state index is 0.305. The number of hydrogen-bond donors (Lipinski definition) is 3. The fourth-order valence-corrected chi connectivity index (χ4v) is 2.55. The molecule has 0 unspecified atom stereocenters. The van der Waals surface area contributed by atoms with Crippen LogP contribution in [0.1, 0.15) is 6.92 Å². The minimum absolute atomic E-state index is 0.305. The Kier molecular flexibility index (Phi) is 4.15. The van der Waals surface area contributed by atoms with Gasteiger partial charge in [0, 0.05) is 28.7 Å². The SMILES string of the molecule is C[C@H]1C=C(Nc2ccc(N)cc2)C=C[C@H]1Nc1ccccc1. The average Bonchev–Trinajstić information content (AvgIpc) is 2.53. The molecule has 0 radical (unpaired) electrons. The fraction of sp³-hybridized carbons (Fsp3) is 0.158. The predicted molar refractivity (Wildman–Crippen MR) is 94.7 cm³/mol. The van der Waals surface area contributed by atoms with E-state index in [1.54, 1.807) is 0 Å². The van der Waals surface area contributed by atoms with Gasteiger partial charge in [0.15, 0.2) is 0 Å². The molecule has 0 saturated heterocycles. The molecule has 0 fully saturated rings. The van der Waals surface area contributed by atoms with Gasteiger partial charge in [0.1, 0.15) is 0 Å². The van der Waals surface area contributed by atoms with E-state index in [2.05, 4.69) is 47.9 Å². The van der Waals surface area contributed by atoms with Crippen LogP contribution >= 0.6 is 0 Å². The van der Waals surface area contributed by atoms with E-state index in [9.17, 15) is 0 Å². The number of benzene rings is 2. The molecule has 1 aliphatic carbocycles. The van der Waals surface area contributed by atoms with Crippen LogP contribution in [0.3, 0.4) is 0 Å². The first-order chi connectivity index (χ1) is 10.7. The highest BCUT2D eigenvalue weighted by Crippen LogP contribution is 2.22. The van der Waals surface area contributed by atoms with Gasteiger partial charge < -0.3 is 16.4 Å². The summed E-state index contributed by atoms with van der Waals surface area (Å²) in [6.07, 6.45) is 6.57. The molecule has 4 N–H and O–H groups in total. The highest BCUT2D eigenvalue weighted by atomic mass is 14.9. The second-order valence-electron chi connectivity index (χ2n) is 5.62. The average molecular weight is 291 g/mol. The topological polar surface area (TPSA) is 50.1 Å². The van der Waals surface area contributed by atoms with Crippen molar-refractivity contribution in [1.82, 2.24) is 0 Å². The molecule has 0 aromatic heterocycles. The van der Waals surface area contributed by atoms with E-state index in [0.29, 0.717) is 12.0 Å². The zero-order valence-electron chi connectivity index (χ0n) is 12.7. The molecule has 3 heteroatoms. The zero-order chi connectivity index (χ0) is 15.4. The summed E-state index contributed by atoms with van der Waals surface area (Å²) in [6.45, 7) is 2.22. The second kappa shape index (κ2) is 6.39. The van der Waals surface area contributed by atoms with Gasteiger partial charge in [-0.1, -0.05) is 37.3 Å². The molecule has 2 aromatic carbocycles. The van der Waals surface area contributed by atoms with E-state index in [4.69, 9.17) is 5.73 Å². The Morgan fingerprint density at radius 3 is 2.32 bits per heavy atom. The number of hydrogen-bond acceptors (Lipinski definition) is 3. The number of nitrogen functional groups attached to an aromatic ring is 1. The van der Waals surface area contributed by atoms with Crippen molar-refractivity contribution in [2.45, 2.75) is 13.0 Å². The van der Waals surface area contributed by atoms with Gasteiger partial charge >= 0.3 is 0 Å². The number of allylic oxidation sites excluding steroid dienone is 1. The lowest BCUT2D eigenvalue weighted by Crippen LogP contribution is -2.26. The molecule has 2 aromatic rings. The van der Waals surface area contributed by atoms with Gasteiger partial charge in [-0.3, -0.25) is 0 Å². The lowest BCUT2D eigenvalue weighted by molar-refractivity contribution is 0.655. The highest BCUT2D eigenvalue weighted by molar-refractivity contribution is 5.56. The lowest BCUT2D eigenvalue weighted by Gasteiger charge is -2.25. The van der Waals surface area contributed by atoms with E-state index in [-0.39, 0.29) is 0 Å². The van der Waals surface area contributed by atoms with Crippen LogP contribution in [0.25, 0.3) is 0 Å². The smallest absolute Gasteiger partial charge is 0.0509 e. The van der Waals surface area contributed by atoms with Crippen molar-refractivity contribution in [2.24, 2.45) is 5.92 Å².